The van der Waals surface area contributed by atoms with E-state index < -0.39 is 11.6 Å². The molecule has 2 heterocycles. The summed E-state index contributed by atoms with van der Waals surface area (Å²) in [7, 11) is 0. The highest BCUT2D eigenvalue weighted by Crippen LogP contribution is 2.37. The average Bonchev–Trinajstić information content (AvgIpc) is 3.12. The summed E-state index contributed by atoms with van der Waals surface area (Å²) in [5.74, 6) is 0.317. The zero-order chi connectivity index (χ0) is 22.1. The Morgan fingerprint density at radius 2 is 1.56 bits per heavy atom. The third-order valence-electron chi connectivity index (χ3n) is 5.63. The highest BCUT2D eigenvalue weighted by atomic mass is 19.1. The molecule has 0 atom stereocenters. The summed E-state index contributed by atoms with van der Waals surface area (Å²) in [4.78, 5) is 21.6. The van der Waals surface area contributed by atoms with Gasteiger partial charge in [0.2, 0.25) is 0 Å². The molecule has 162 valence electrons. The van der Waals surface area contributed by atoms with Gasteiger partial charge in [0.1, 0.15) is 28.9 Å². The topological polar surface area (TPSA) is 45.1 Å². The van der Waals surface area contributed by atoms with Gasteiger partial charge in [-0.1, -0.05) is 24.3 Å². The molecule has 5 nitrogen and oxygen atoms in total. The molecule has 2 aliphatic heterocycles. The summed E-state index contributed by atoms with van der Waals surface area (Å²) < 4.78 is 33.3. The molecule has 3 aromatic carbocycles. The third-order valence-corrected chi connectivity index (χ3v) is 5.63. The number of amidine groups is 1. The molecule has 1 saturated heterocycles. The molecule has 3 aromatic rings. The zero-order valence-corrected chi connectivity index (χ0v) is 17.3. The number of carbonyl (C=O) groups is 1. The van der Waals surface area contributed by atoms with Gasteiger partial charge in [0, 0.05) is 37.8 Å². The van der Waals surface area contributed by atoms with Crippen LogP contribution in [0.5, 0.6) is 11.5 Å². The van der Waals surface area contributed by atoms with Crippen LogP contribution in [-0.4, -0.2) is 47.7 Å². The van der Waals surface area contributed by atoms with Crippen molar-refractivity contribution in [1.82, 2.24) is 9.80 Å². The molecular formula is C25H21F2N3O2. The maximum absolute atomic E-state index is 13.6. The first-order valence-electron chi connectivity index (χ1n) is 10.5. The molecule has 0 aromatic heterocycles. The predicted molar refractivity (Wildman–Crippen MR) is 118 cm³/mol. The number of ether oxygens (including phenoxy) is 1. The summed E-state index contributed by atoms with van der Waals surface area (Å²) >= 11 is 0. The predicted octanol–water partition coefficient (Wildman–Crippen LogP) is 5.00. The quantitative estimate of drug-likeness (QED) is 0.543. The molecule has 7 heteroatoms. The number of para-hydroxylation sites is 3. The highest BCUT2D eigenvalue weighted by molar-refractivity contribution is 6.03. The molecule has 1 fully saturated rings. The first-order chi connectivity index (χ1) is 15.6. The van der Waals surface area contributed by atoms with Crippen LogP contribution in [-0.2, 0) is 0 Å². The molecule has 0 spiro atoms. The number of amides is 1. The lowest BCUT2D eigenvalue weighted by Gasteiger charge is -2.25. The fourth-order valence-electron chi connectivity index (χ4n) is 4.10. The number of hydrogen-bond donors (Lipinski definition) is 0. The summed E-state index contributed by atoms with van der Waals surface area (Å²) in [6, 6.07) is 18.3. The van der Waals surface area contributed by atoms with Gasteiger partial charge in [-0.05, 0) is 42.8 Å². The van der Waals surface area contributed by atoms with Crippen LogP contribution < -0.4 is 4.74 Å². The Morgan fingerprint density at radius 1 is 0.844 bits per heavy atom. The van der Waals surface area contributed by atoms with Crippen molar-refractivity contribution < 1.29 is 18.3 Å². The maximum Gasteiger partial charge on any atom is 0.254 e. The van der Waals surface area contributed by atoms with Crippen LogP contribution in [0, 0.1) is 11.6 Å². The third kappa shape index (κ3) is 3.93. The van der Waals surface area contributed by atoms with Crippen molar-refractivity contribution in [3.63, 3.8) is 0 Å². The van der Waals surface area contributed by atoms with Crippen molar-refractivity contribution in [2.24, 2.45) is 4.99 Å². The maximum atomic E-state index is 13.6. The van der Waals surface area contributed by atoms with Gasteiger partial charge in [0.15, 0.2) is 5.75 Å². The number of fused-ring (bicyclic) bond motifs is 2. The van der Waals surface area contributed by atoms with Gasteiger partial charge in [-0.25, -0.2) is 13.8 Å². The van der Waals surface area contributed by atoms with E-state index in [9.17, 15) is 13.6 Å². The second-order valence-electron chi connectivity index (χ2n) is 7.79. The first kappa shape index (κ1) is 20.2. The van der Waals surface area contributed by atoms with Crippen LogP contribution >= 0.6 is 0 Å². The molecule has 1 amide bonds. The smallest absolute Gasteiger partial charge is 0.254 e. The van der Waals surface area contributed by atoms with Crippen LogP contribution in [0.15, 0.2) is 71.7 Å². The average molecular weight is 433 g/mol. The lowest BCUT2D eigenvalue weighted by atomic mass is 10.1. The SMILES string of the molecule is O=C(c1cc(F)cc(F)c1)N1CCCN(C2=Nc3ccccc3Oc3ccccc32)CC1. The van der Waals surface area contributed by atoms with E-state index in [1.54, 1.807) is 4.90 Å². The van der Waals surface area contributed by atoms with E-state index in [1.807, 2.05) is 48.5 Å². The molecule has 0 N–H and O–H groups in total. The Hall–Kier alpha value is -3.74. The van der Waals surface area contributed by atoms with E-state index in [1.165, 1.54) is 0 Å². The summed E-state index contributed by atoms with van der Waals surface area (Å²) in [5.41, 5.74) is 1.65. The van der Waals surface area contributed by atoms with Crippen LogP contribution in [0.3, 0.4) is 0 Å². The van der Waals surface area contributed by atoms with Crippen molar-refractivity contribution in [2.45, 2.75) is 6.42 Å². The van der Waals surface area contributed by atoms with Gasteiger partial charge in [-0.3, -0.25) is 4.79 Å². The van der Waals surface area contributed by atoms with E-state index in [0.717, 1.165) is 41.0 Å². The Kier molecular flexibility index (Phi) is 5.31. The van der Waals surface area contributed by atoms with Crippen molar-refractivity contribution in [2.75, 3.05) is 26.2 Å². The Balaban J connectivity index is 1.42. The van der Waals surface area contributed by atoms with E-state index in [4.69, 9.17) is 9.73 Å². The normalized spacial score (nSPS) is 15.6. The summed E-state index contributed by atoms with van der Waals surface area (Å²) in [6.07, 6.45) is 0.702. The monoisotopic (exact) mass is 433 g/mol. The van der Waals surface area contributed by atoms with Crippen LogP contribution in [0.25, 0.3) is 0 Å². The largest absolute Gasteiger partial charge is 0.454 e. The Morgan fingerprint density at radius 3 is 2.38 bits per heavy atom. The number of nitrogens with zero attached hydrogens (tertiary/aromatic N) is 3. The van der Waals surface area contributed by atoms with Gasteiger partial charge in [0.25, 0.3) is 5.91 Å². The molecule has 0 unspecified atom stereocenters. The molecule has 0 radical (unpaired) electrons. The lowest BCUT2D eigenvalue weighted by molar-refractivity contribution is 0.0763. The molecular weight excluding hydrogens is 412 g/mol. The van der Waals surface area contributed by atoms with Gasteiger partial charge < -0.3 is 14.5 Å². The summed E-state index contributed by atoms with van der Waals surface area (Å²) in [5, 5.41) is 0. The van der Waals surface area contributed by atoms with Crippen molar-refractivity contribution >= 4 is 17.4 Å². The second kappa shape index (κ2) is 8.42. The Labute approximate surface area is 184 Å². The van der Waals surface area contributed by atoms with Gasteiger partial charge >= 0.3 is 0 Å². The minimum atomic E-state index is -0.757. The van der Waals surface area contributed by atoms with Crippen LogP contribution in [0.4, 0.5) is 14.5 Å². The lowest BCUT2D eigenvalue weighted by Crippen LogP contribution is -2.37. The second-order valence-corrected chi connectivity index (χ2v) is 7.79. The van der Waals surface area contributed by atoms with E-state index in [2.05, 4.69) is 4.90 Å². The highest BCUT2D eigenvalue weighted by Gasteiger charge is 2.26. The fourth-order valence-corrected chi connectivity index (χ4v) is 4.10. The van der Waals surface area contributed by atoms with Crippen LogP contribution in [0.1, 0.15) is 22.3 Å². The standard InChI is InChI=1S/C25H21F2N3O2/c26-18-14-17(15-19(27)16-18)25(31)30-11-5-10-29(12-13-30)24-20-6-1-3-8-22(20)32-23-9-4-2-7-21(23)28-24/h1-4,6-9,14-16H,5,10-13H2. The molecule has 32 heavy (non-hydrogen) atoms. The number of hydrogen-bond acceptors (Lipinski definition) is 4. The van der Waals surface area contributed by atoms with Crippen molar-refractivity contribution in [3.8, 4) is 11.5 Å². The zero-order valence-electron chi connectivity index (χ0n) is 17.3. The number of benzene rings is 3. The fraction of sp³-hybridized carbons (Fsp3) is 0.200. The van der Waals surface area contributed by atoms with Crippen LogP contribution in [0.2, 0.25) is 0 Å². The summed E-state index contributed by atoms with van der Waals surface area (Å²) in [6.45, 7) is 2.14. The van der Waals surface area contributed by atoms with E-state index in [0.29, 0.717) is 38.3 Å². The molecule has 2 aliphatic rings. The number of rotatable bonds is 1. The number of aliphatic imine (C=N–C) groups is 1. The van der Waals surface area contributed by atoms with Crippen molar-refractivity contribution in [3.05, 3.63) is 89.5 Å². The van der Waals surface area contributed by atoms with Gasteiger partial charge in [-0.2, -0.15) is 0 Å². The van der Waals surface area contributed by atoms with E-state index in [-0.39, 0.29) is 11.5 Å². The van der Waals surface area contributed by atoms with Gasteiger partial charge in [0.05, 0.1) is 5.56 Å². The number of carbonyl (C=O) groups excluding carboxylic acids is 1. The molecule has 0 bridgehead atoms. The molecule has 0 aliphatic carbocycles. The minimum absolute atomic E-state index is 0.0235. The first-order valence-corrected chi connectivity index (χ1v) is 10.5. The minimum Gasteiger partial charge on any atom is -0.454 e. The molecule has 0 saturated carbocycles. The van der Waals surface area contributed by atoms with Gasteiger partial charge in [-0.15, -0.1) is 0 Å². The van der Waals surface area contributed by atoms with Crippen molar-refractivity contribution in [1.29, 1.82) is 0 Å². The molecule has 5 rings (SSSR count). The number of halogens is 2. The van der Waals surface area contributed by atoms with E-state index >= 15 is 0 Å². The Bertz CT molecular complexity index is 1190.